The van der Waals surface area contributed by atoms with E-state index in [0.29, 0.717) is 5.69 Å². The first-order valence-electron chi connectivity index (χ1n) is 5.81. The fourth-order valence-electron chi connectivity index (χ4n) is 2.26. The van der Waals surface area contributed by atoms with Crippen molar-refractivity contribution in [2.45, 2.75) is 24.3 Å². The molecule has 18 heavy (non-hydrogen) atoms. The van der Waals surface area contributed by atoms with E-state index in [1.807, 2.05) is 0 Å². The second-order valence-electron chi connectivity index (χ2n) is 4.40. The molecule has 2 N–H and O–H groups in total. The highest BCUT2D eigenvalue weighted by Crippen LogP contribution is 2.33. The van der Waals surface area contributed by atoms with Crippen molar-refractivity contribution in [3.05, 3.63) is 24.3 Å². The summed E-state index contributed by atoms with van der Waals surface area (Å²) in [5.41, 5.74) is 5.86. The maximum absolute atomic E-state index is 12.0. The van der Waals surface area contributed by atoms with E-state index in [2.05, 4.69) is 0 Å². The van der Waals surface area contributed by atoms with Gasteiger partial charge in [0.1, 0.15) is 0 Å². The Bertz CT molecular complexity index is 568. The number of carbonyl (C=O) groups is 1. The van der Waals surface area contributed by atoms with Crippen LogP contribution in [0, 0.1) is 0 Å². The minimum atomic E-state index is -3.30. The lowest BCUT2D eigenvalue weighted by atomic mass is 10.2. The van der Waals surface area contributed by atoms with Crippen LogP contribution in [0.1, 0.15) is 13.3 Å². The maximum atomic E-state index is 12.0. The molecule has 6 heteroatoms. The summed E-state index contributed by atoms with van der Waals surface area (Å²) in [7, 11) is -3.30. The molecule has 5 nitrogen and oxygen atoms in total. The fourth-order valence-corrected chi connectivity index (χ4v) is 4.00. The molecule has 1 aliphatic rings. The number of amides is 1. The van der Waals surface area contributed by atoms with Gasteiger partial charge in [-0.05, 0) is 19.1 Å². The summed E-state index contributed by atoms with van der Waals surface area (Å²) in [5.74, 6) is -0.173. The molecule has 1 aromatic rings. The van der Waals surface area contributed by atoms with E-state index in [4.69, 9.17) is 5.73 Å². The van der Waals surface area contributed by atoms with Gasteiger partial charge in [-0.15, -0.1) is 0 Å². The van der Waals surface area contributed by atoms with E-state index in [1.54, 1.807) is 36.1 Å². The van der Waals surface area contributed by atoms with Crippen LogP contribution in [0.2, 0.25) is 0 Å². The Balaban J connectivity index is 2.53. The second-order valence-corrected chi connectivity index (χ2v) is 6.40. The first-order valence-corrected chi connectivity index (χ1v) is 7.46. The van der Waals surface area contributed by atoms with Crippen LogP contribution in [0.4, 0.5) is 5.69 Å². The van der Waals surface area contributed by atoms with Crippen LogP contribution in [0.15, 0.2) is 29.2 Å². The summed E-state index contributed by atoms with van der Waals surface area (Å²) in [4.78, 5) is 13.8. The van der Waals surface area contributed by atoms with Crippen molar-refractivity contribution in [3.63, 3.8) is 0 Å². The second kappa shape index (κ2) is 4.70. The van der Waals surface area contributed by atoms with E-state index >= 15 is 0 Å². The summed E-state index contributed by atoms with van der Waals surface area (Å²) in [6.45, 7) is 2.00. The molecule has 98 valence electrons. The number of nitrogens with zero attached hydrogens (tertiary/aromatic N) is 1. The lowest BCUT2D eigenvalue weighted by molar-refractivity contribution is -0.118. The molecule has 1 heterocycles. The number of rotatable bonds is 2. The number of sulfone groups is 1. The SMILES string of the molecule is CC1CS(=O)(=O)c2ccccc2N1C(=O)CCN. The minimum absolute atomic E-state index is 0.0413. The van der Waals surface area contributed by atoms with Gasteiger partial charge in [-0.25, -0.2) is 8.42 Å². The summed E-state index contributed by atoms with van der Waals surface area (Å²) in [5, 5.41) is 0. The van der Waals surface area contributed by atoms with Crippen molar-refractivity contribution < 1.29 is 13.2 Å². The Kier molecular flexibility index (Phi) is 3.41. The van der Waals surface area contributed by atoms with E-state index in [0.717, 1.165) is 0 Å². The summed E-state index contributed by atoms with van der Waals surface area (Å²) < 4.78 is 24.1. The van der Waals surface area contributed by atoms with Gasteiger partial charge in [0.25, 0.3) is 0 Å². The maximum Gasteiger partial charge on any atom is 0.228 e. The molecule has 1 amide bonds. The standard InChI is InChI=1S/C12H16N2O3S/c1-9-8-18(16,17)11-5-3-2-4-10(11)14(9)12(15)6-7-13/h2-5,9H,6-8,13H2,1H3. The van der Waals surface area contributed by atoms with Crippen LogP contribution in [-0.4, -0.2) is 32.7 Å². The van der Waals surface area contributed by atoms with Gasteiger partial charge in [0.2, 0.25) is 5.91 Å². The third-order valence-electron chi connectivity index (χ3n) is 2.99. The summed E-state index contributed by atoms with van der Waals surface area (Å²) >= 11 is 0. The molecule has 0 bridgehead atoms. The van der Waals surface area contributed by atoms with E-state index < -0.39 is 9.84 Å². The minimum Gasteiger partial charge on any atom is -0.330 e. The third kappa shape index (κ3) is 2.13. The average Bonchev–Trinajstić information content (AvgIpc) is 2.28. The highest BCUT2D eigenvalue weighted by molar-refractivity contribution is 7.91. The molecule has 1 aliphatic heterocycles. The monoisotopic (exact) mass is 268 g/mol. The molecule has 0 aromatic heterocycles. The van der Waals surface area contributed by atoms with Crippen LogP contribution in [0.3, 0.4) is 0 Å². The molecular weight excluding hydrogens is 252 g/mol. The van der Waals surface area contributed by atoms with E-state index in [9.17, 15) is 13.2 Å². The lowest BCUT2D eigenvalue weighted by Gasteiger charge is -2.34. The van der Waals surface area contributed by atoms with E-state index in [1.165, 1.54) is 0 Å². The number of fused-ring (bicyclic) bond motifs is 1. The largest absolute Gasteiger partial charge is 0.330 e. The van der Waals surface area contributed by atoms with Gasteiger partial charge in [-0.2, -0.15) is 0 Å². The van der Waals surface area contributed by atoms with E-state index in [-0.39, 0.29) is 35.6 Å². The number of nitrogens with two attached hydrogens (primary N) is 1. The molecule has 0 radical (unpaired) electrons. The molecule has 0 saturated heterocycles. The van der Waals surface area contributed by atoms with Crippen LogP contribution < -0.4 is 10.6 Å². The Hall–Kier alpha value is -1.40. The van der Waals surface area contributed by atoms with Crippen molar-refractivity contribution >= 4 is 21.4 Å². The number of benzene rings is 1. The molecule has 0 aliphatic carbocycles. The van der Waals surface area contributed by atoms with Crippen LogP contribution in [-0.2, 0) is 14.6 Å². The predicted molar refractivity (Wildman–Crippen MR) is 69.1 cm³/mol. The molecular formula is C12H16N2O3S. The Labute approximate surface area is 107 Å². The molecule has 1 aromatic carbocycles. The molecule has 2 rings (SSSR count). The Morgan fingerprint density at radius 3 is 2.78 bits per heavy atom. The third-order valence-corrected chi connectivity index (χ3v) is 4.92. The topological polar surface area (TPSA) is 80.5 Å². The zero-order valence-electron chi connectivity index (χ0n) is 10.2. The Morgan fingerprint density at radius 2 is 2.11 bits per heavy atom. The summed E-state index contributed by atoms with van der Waals surface area (Å²) in [6, 6.07) is 6.24. The van der Waals surface area contributed by atoms with Crippen molar-refractivity contribution in [3.8, 4) is 0 Å². The lowest BCUT2D eigenvalue weighted by Crippen LogP contribution is -2.47. The quantitative estimate of drug-likeness (QED) is 0.849. The number of hydrogen-bond donors (Lipinski definition) is 1. The first kappa shape index (κ1) is 13.0. The van der Waals surface area contributed by atoms with Gasteiger partial charge in [0.05, 0.1) is 16.3 Å². The van der Waals surface area contributed by atoms with Crippen molar-refractivity contribution in [2.24, 2.45) is 5.73 Å². The molecule has 1 atom stereocenters. The molecule has 0 saturated carbocycles. The van der Waals surface area contributed by atoms with Crippen LogP contribution in [0.5, 0.6) is 0 Å². The van der Waals surface area contributed by atoms with Gasteiger partial charge in [0.15, 0.2) is 9.84 Å². The van der Waals surface area contributed by atoms with Gasteiger partial charge in [-0.3, -0.25) is 4.79 Å². The van der Waals surface area contributed by atoms with Crippen molar-refractivity contribution in [1.82, 2.24) is 0 Å². The fraction of sp³-hybridized carbons (Fsp3) is 0.417. The van der Waals surface area contributed by atoms with Gasteiger partial charge in [0, 0.05) is 19.0 Å². The molecule has 0 spiro atoms. The number of carbonyl (C=O) groups excluding carboxylic acids is 1. The smallest absolute Gasteiger partial charge is 0.228 e. The van der Waals surface area contributed by atoms with Gasteiger partial charge >= 0.3 is 0 Å². The Morgan fingerprint density at radius 1 is 1.44 bits per heavy atom. The molecule has 0 fully saturated rings. The zero-order valence-corrected chi connectivity index (χ0v) is 11.0. The predicted octanol–water partition coefficient (Wildman–Crippen LogP) is 0.544. The van der Waals surface area contributed by atoms with Gasteiger partial charge in [-0.1, -0.05) is 12.1 Å². The van der Waals surface area contributed by atoms with Gasteiger partial charge < -0.3 is 10.6 Å². The zero-order chi connectivity index (χ0) is 13.3. The normalized spacial score (nSPS) is 21.4. The number of para-hydroxylation sites is 1. The van der Waals surface area contributed by atoms with Crippen LogP contribution in [0.25, 0.3) is 0 Å². The highest BCUT2D eigenvalue weighted by Gasteiger charge is 2.35. The van der Waals surface area contributed by atoms with Crippen molar-refractivity contribution in [1.29, 1.82) is 0 Å². The first-order chi connectivity index (χ1) is 8.47. The number of anilines is 1. The average molecular weight is 268 g/mol. The molecule has 1 unspecified atom stereocenters. The number of hydrogen-bond acceptors (Lipinski definition) is 4. The highest BCUT2D eigenvalue weighted by atomic mass is 32.2. The summed E-state index contributed by atoms with van der Waals surface area (Å²) in [6.07, 6.45) is 0.221. The van der Waals surface area contributed by atoms with Crippen LogP contribution >= 0.6 is 0 Å². The van der Waals surface area contributed by atoms with Crippen molar-refractivity contribution in [2.75, 3.05) is 17.2 Å².